The molecule has 1 aliphatic carbocycles. The molecule has 0 radical (unpaired) electrons. The van der Waals surface area contributed by atoms with Crippen molar-refractivity contribution in [3.8, 4) is 0 Å². The highest BCUT2D eigenvalue weighted by atomic mass is 19.1. The second-order valence-electron chi connectivity index (χ2n) is 4.91. The molecule has 0 saturated heterocycles. The van der Waals surface area contributed by atoms with Crippen LogP contribution in [0.2, 0.25) is 0 Å². The predicted octanol–water partition coefficient (Wildman–Crippen LogP) is 1.25. The van der Waals surface area contributed by atoms with Gasteiger partial charge in [0.15, 0.2) is 0 Å². The number of rotatable bonds is 3. The number of halogens is 1. The summed E-state index contributed by atoms with van der Waals surface area (Å²) in [6.45, 7) is 0.604. The third-order valence-electron chi connectivity index (χ3n) is 3.33. The Morgan fingerprint density at radius 3 is 2.78 bits per heavy atom. The van der Waals surface area contributed by atoms with E-state index in [0.717, 1.165) is 12.8 Å². The zero-order valence-electron chi connectivity index (χ0n) is 10.3. The first-order chi connectivity index (χ1) is 8.47. The van der Waals surface area contributed by atoms with Crippen molar-refractivity contribution in [3.63, 3.8) is 0 Å². The van der Waals surface area contributed by atoms with E-state index in [1.54, 1.807) is 11.9 Å². The van der Waals surface area contributed by atoms with Crippen LogP contribution in [-0.4, -0.2) is 35.6 Å². The molecule has 1 aliphatic rings. The molecule has 0 unspecified atom stereocenters. The van der Waals surface area contributed by atoms with Crippen molar-refractivity contribution in [2.75, 3.05) is 19.3 Å². The largest absolute Gasteiger partial charge is 0.396 e. The molecular weight excluding hydrogens is 235 g/mol. The van der Waals surface area contributed by atoms with Gasteiger partial charge in [-0.1, -0.05) is 0 Å². The molecule has 0 spiro atoms. The molecule has 3 N–H and O–H groups in total. The van der Waals surface area contributed by atoms with Gasteiger partial charge in [-0.3, -0.25) is 4.79 Å². The third kappa shape index (κ3) is 2.61. The van der Waals surface area contributed by atoms with Crippen LogP contribution in [0.25, 0.3) is 0 Å². The topological polar surface area (TPSA) is 66.6 Å². The van der Waals surface area contributed by atoms with E-state index in [1.165, 1.54) is 18.2 Å². The Hall–Kier alpha value is -1.62. The van der Waals surface area contributed by atoms with E-state index >= 15 is 0 Å². The SMILES string of the molecule is CN(CC1CC(O)C1)C(=O)c1ccc(F)c(N)c1. The van der Waals surface area contributed by atoms with Gasteiger partial charge in [-0.2, -0.15) is 0 Å². The van der Waals surface area contributed by atoms with Crippen molar-refractivity contribution in [1.29, 1.82) is 0 Å². The van der Waals surface area contributed by atoms with E-state index in [0.29, 0.717) is 18.0 Å². The Kier molecular flexibility index (Phi) is 3.52. The molecule has 0 aliphatic heterocycles. The lowest BCUT2D eigenvalue weighted by Gasteiger charge is -2.34. The normalized spacial score (nSPS) is 22.4. The number of aliphatic hydroxyl groups excluding tert-OH is 1. The number of carbonyl (C=O) groups is 1. The summed E-state index contributed by atoms with van der Waals surface area (Å²) in [6, 6.07) is 3.98. The predicted molar refractivity (Wildman–Crippen MR) is 66.5 cm³/mol. The van der Waals surface area contributed by atoms with Crippen LogP contribution >= 0.6 is 0 Å². The maximum Gasteiger partial charge on any atom is 0.253 e. The Labute approximate surface area is 105 Å². The van der Waals surface area contributed by atoms with E-state index in [4.69, 9.17) is 5.73 Å². The van der Waals surface area contributed by atoms with Crippen LogP contribution < -0.4 is 5.73 Å². The van der Waals surface area contributed by atoms with Crippen LogP contribution in [0.4, 0.5) is 10.1 Å². The van der Waals surface area contributed by atoms with Crippen LogP contribution in [0, 0.1) is 11.7 Å². The first-order valence-electron chi connectivity index (χ1n) is 5.96. The summed E-state index contributed by atoms with van der Waals surface area (Å²) in [4.78, 5) is 13.6. The molecule has 98 valence electrons. The number of nitrogens with zero attached hydrogens (tertiary/aromatic N) is 1. The number of aliphatic hydroxyl groups is 1. The molecule has 0 atom stereocenters. The molecule has 1 aromatic rings. The van der Waals surface area contributed by atoms with Gasteiger partial charge in [0.25, 0.3) is 5.91 Å². The summed E-state index contributed by atoms with van der Waals surface area (Å²) in [5.41, 5.74) is 5.80. The first-order valence-corrected chi connectivity index (χ1v) is 5.96. The monoisotopic (exact) mass is 252 g/mol. The fourth-order valence-corrected chi connectivity index (χ4v) is 2.22. The number of hydrogen-bond acceptors (Lipinski definition) is 3. The number of anilines is 1. The second kappa shape index (κ2) is 4.94. The number of carbonyl (C=O) groups excluding carboxylic acids is 1. The highest BCUT2D eigenvalue weighted by Gasteiger charge is 2.29. The van der Waals surface area contributed by atoms with Crippen molar-refractivity contribution in [1.82, 2.24) is 4.90 Å². The van der Waals surface area contributed by atoms with Gasteiger partial charge in [0, 0.05) is 19.2 Å². The fraction of sp³-hybridized carbons (Fsp3) is 0.462. The van der Waals surface area contributed by atoms with Crippen LogP contribution in [0.5, 0.6) is 0 Å². The standard InChI is InChI=1S/C13H17FN2O2/c1-16(7-8-4-10(17)5-8)13(18)9-2-3-11(14)12(15)6-9/h2-3,6,8,10,17H,4-5,7,15H2,1H3. The lowest BCUT2D eigenvalue weighted by Crippen LogP contribution is -2.39. The fourth-order valence-electron chi connectivity index (χ4n) is 2.22. The number of benzene rings is 1. The molecule has 2 rings (SSSR count). The number of hydrogen-bond donors (Lipinski definition) is 2. The van der Waals surface area contributed by atoms with Gasteiger partial charge in [0.05, 0.1) is 11.8 Å². The number of nitrogens with two attached hydrogens (primary N) is 1. The Morgan fingerprint density at radius 1 is 1.56 bits per heavy atom. The van der Waals surface area contributed by atoms with Gasteiger partial charge in [0.2, 0.25) is 0 Å². The average molecular weight is 252 g/mol. The van der Waals surface area contributed by atoms with Crippen molar-refractivity contribution in [2.45, 2.75) is 18.9 Å². The minimum Gasteiger partial charge on any atom is -0.396 e. The van der Waals surface area contributed by atoms with Gasteiger partial charge in [-0.05, 0) is 37.0 Å². The molecule has 1 aromatic carbocycles. The maximum absolute atomic E-state index is 13.0. The minimum absolute atomic E-state index is 0.0201. The number of amides is 1. The third-order valence-corrected chi connectivity index (χ3v) is 3.33. The van der Waals surface area contributed by atoms with Crippen molar-refractivity contribution in [3.05, 3.63) is 29.6 Å². The maximum atomic E-state index is 13.0. The molecule has 0 heterocycles. The van der Waals surface area contributed by atoms with Crippen LogP contribution in [0.3, 0.4) is 0 Å². The zero-order chi connectivity index (χ0) is 13.3. The Bertz CT molecular complexity index is 458. The molecule has 5 heteroatoms. The summed E-state index contributed by atoms with van der Waals surface area (Å²) in [5, 5.41) is 9.19. The highest BCUT2D eigenvalue weighted by molar-refractivity contribution is 5.94. The summed E-state index contributed by atoms with van der Waals surface area (Å²) in [6.07, 6.45) is 1.26. The first kappa shape index (κ1) is 12.8. The van der Waals surface area contributed by atoms with E-state index in [9.17, 15) is 14.3 Å². The Morgan fingerprint density at radius 2 is 2.22 bits per heavy atom. The van der Waals surface area contributed by atoms with E-state index < -0.39 is 5.82 Å². The van der Waals surface area contributed by atoms with Gasteiger partial charge in [-0.15, -0.1) is 0 Å². The van der Waals surface area contributed by atoms with Crippen LogP contribution in [-0.2, 0) is 0 Å². The summed E-state index contributed by atoms with van der Waals surface area (Å²) >= 11 is 0. The van der Waals surface area contributed by atoms with Crippen molar-refractivity contribution >= 4 is 11.6 Å². The molecular formula is C13H17FN2O2. The molecule has 0 aromatic heterocycles. The summed E-state index contributed by atoms with van der Waals surface area (Å²) in [7, 11) is 1.70. The summed E-state index contributed by atoms with van der Waals surface area (Å²) < 4.78 is 13.0. The summed E-state index contributed by atoms with van der Waals surface area (Å²) in [5.74, 6) is -0.342. The lowest BCUT2D eigenvalue weighted by molar-refractivity contribution is 0.0265. The zero-order valence-corrected chi connectivity index (χ0v) is 10.3. The smallest absolute Gasteiger partial charge is 0.253 e. The highest BCUT2D eigenvalue weighted by Crippen LogP contribution is 2.28. The van der Waals surface area contributed by atoms with Gasteiger partial charge in [-0.25, -0.2) is 4.39 Å². The van der Waals surface area contributed by atoms with E-state index in [-0.39, 0.29) is 17.7 Å². The average Bonchev–Trinajstić information content (AvgIpc) is 2.29. The van der Waals surface area contributed by atoms with Crippen molar-refractivity contribution < 1.29 is 14.3 Å². The van der Waals surface area contributed by atoms with Crippen LogP contribution in [0.15, 0.2) is 18.2 Å². The molecule has 18 heavy (non-hydrogen) atoms. The molecule has 4 nitrogen and oxygen atoms in total. The van der Waals surface area contributed by atoms with E-state index in [2.05, 4.69) is 0 Å². The minimum atomic E-state index is -0.517. The molecule has 1 fully saturated rings. The van der Waals surface area contributed by atoms with E-state index in [1.807, 2.05) is 0 Å². The van der Waals surface area contributed by atoms with Gasteiger partial charge >= 0.3 is 0 Å². The van der Waals surface area contributed by atoms with Gasteiger partial charge in [0.1, 0.15) is 5.82 Å². The lowest BCUT2D eigenvalue weighted by atomic mass is 9.82. The quantitative estimate of drug-likeness (QED) is 0.796. The number of nitrogen functional groups attached to an aromatic ring is 1. The molecule has 1 saturated carbocycles. The molecule has 1 amide bonds. The van der Waals surface area contributed by atoms with Crippen molar-refractivity contribution in [2.24, 2.45) is 5.92 Å². The van der Waals surface area contributed by atoms with Crippen LogP contribution in [0.1, 0.15) is 23.2 Å². The van der Waals surface area contributed by atoms with Gasteiger partial charge < -0.3 is 15.7 Å². The Balaban J connectivity index is 1.99. The molecule has 0 bridgehead atoms. The second-order valence-corrected chi connectivity index (χ2v) is 4.91.